The lowest BCUT2D eigenvalue weighted by atomic mass is 10.0. The second-order valence-electron chi connectivity index (χ2n) is 7.22. The lowest BCUT2D eigenvalue weighted by molar-refractivity contribution is -0.111. The number of nitrogens with one attached hydrogen (secondary N) is 1. The van der Waals surface area contributed by atoms with Crippen LogP contribution in [0.2, 0.25) is 0 Å². The van der Waals surface area contributed by atoms with Crippen LogP contribution in [0.25, 0.3) is 0 Å². The summed E-state index contributed by atoms with van der Waals surface area (Å²) in [5.41, 5.74) is 1.74. The quantitative estimate of drug-likeness (QED) is 0.731. The maximum atomic E-state index is 12.7. The maximum Gasteiger partial charge on any atom is 0.411 e. The van der Waals surface area contributed by atoms with Crippen LogP contribution < -0.4 is 5.32 Å². The van der Waals surface area contributed by atoms with Crippen molar-refractivity contribution in [2.75, 3.05) is 6.54 Å². The van der Waals surface area contributed by atoms with Gasteiger partial charge in [-0.15, -0.1) is 0 Å². The Balaban J connectivity index is 1.59. The van der Waals surface area contributed by atoms with E-state index >= 15 is 0 Å². The van der Waals surface area contributed by atoms with E-state index in [1.165, 1.54) is 4.90 Å². The van der Waals surface area contributed by atoms with Gasteiger partial charge in [0.1, 0.15) is 25.7 Å². The average molecular weight is 410 g/mol. The van der Waals surface area contributed by atoms with Crippen molar-refractivity contribution < 1.29 is 23.9 Å². The summed E-state index contributed by atoms with van der Waals surface area (Å²) < 4.78 is 10.7. The number of hydrogen-bond acceptors (Lipinski definition) is 5. The lowest BCUT2D eigenvalue weighted by Crippen LogP contribution is -2.50. The second-order valence-corrected chi connectivity index (χ2v) is 7.22. The summed E-state index contributed by atoms with van der Waals surface area (Å²) in [6.45, 7) is 0.591. The van der Waals surface area contributed by atoms with E-state index in [9.17, 15) is 14.4 Å². The largest absolute Gasteiger partial charge is 0.445 e. The van der Waals surface area contributed by atoms with Crippen LogP contribution in [0.15, 0.2) is 60.7 Å². The Morgan fingerprint density at radius 1 is 0.900 bits per heavy atom. The number of likely N-dealkylation sites (tertiary alicyclic amines) is 1. The van der Waals surface area contributed by atoms with E-state index in [0.29, 0.717) is 25.8 Å². The fourth-order valence-corrected chi connectivity index (χ4v) is 3.34. The van der Waals surface area contributed by atoms with Gasteiger partial charge in [0.2, 0.25) is 0 Å². The highest BCUT2D eigenvalue weighted by atomic mass is 16.6. The molecule has 1 aliphatic rings. The smallest absolute Gasteiger partial charge is 0.411 e. The summed E-state index contributed by atoms with van der Waals surface area (Å²) in [6, 6.07) is 18.7. The third-order valence-corrected chi connectivity index (χ3v) is 5.06. The van der Waals surface area contributed by atoms with Gasteiger partial charge in [0.25, 0.3) is 0 Å². The number of hydrogen-bond donors (Lipinski definition) is 1. The molecule has 1 heterocycles. The number of aldehydes is 1. The number of benzene rings is 2. The van der Waals surface area contributed by atoms with Crippen molar-refractivity contribution in [1.29, 1.82) is 0 Å². The van der Waals surface area contributed by atoms with Crippen LogP contribution in [0.3, 0.4) is 0 Å². The van der Waals surface area contributed by atoms with E-state index in [0.717, 1.165) is 17.4 Å². The monoisotopic (exact) mass is 410 g/mol. The van der Waals surface area contributed by atoms with Crippen molar-refractivity contribution in [3.05, 3.63) is 71.8 Å². The molecule has 1 fully saturated rings. The van der Waals surface area contributed by atoms with Crippen LogP contribution in [0.1, 0.15) is 30.4 Å². The van der Waals surface area contributed by atoms with Gasteiger partial charge in [0.15, 0.2) is 0 Å². The summed E-state index contributed by atoms with van der Waals surface area (Å²) >= 11 is 0. The molecule has 0 bridgehead atoms. The lowest BCUT2D eigenvalue weighted by Gasteiger charge is -2.29. The van der Waals surface area contributed by atoms with E-state index in [-0.39, 0.29) is 19.1 Å². The molecule has 30 heavy (non-hydrogen) atoms. The van der Waals surface area contributed by atoms with E-state index in [1.54, 1.807) is 0 Å². The van der Waals surface area contributed by atoms with Crippen LogP contribution in [0.4, 0.5) is 9.59 Å². The zero-order valence-electron chi connectivity index (χ0n) is 16.7. The molecule has 1 aliphatic heterocycles. The molecule has 0 saturated carbocycles. The third-order valence-electron chi connectivity index (χ3n) is 5.06. The summed E-state index contributed by atoms with van der Waals surface area (Å²) in [7, 11) is 0. The fourth-order valence-electron chi connectivity index (χ4n) is 3.34. The van der Waals surface area contributed by atoms with Crippen molar-refractivity contribution in [3.8, 4) is 0 Å². The van der Waals surface area contributed by atoms with Gasteiger partial charge < -0.3 is 19.6 Å². The van der Waals surface area contributed by atoms with Crippen molar-refractivity contribution >= 4 is 18.5 Å². The summed E-state index contributed by atoms with van der Waals surface area (Å²) in [6.07, 6.45) is 0.722. The SMILES string of the molecule is O=CC1CCC(NC(=O)OCc2ccccc2)N(C(=O)OCc2ccccc2)CC1. The molecule has 2 aromatic rings. The van der Waals surface area contributed by atoms with Crippen molar-refractivity contribution in [3.63, 3.8) is 0 Å². The standard InChI is InChI=1S/C23H26N2O5/c26-15-18-11-12-21(24-22(27)29-16-19-7-3-1-4-8-19)25(14-13-18)23(28)30-17-20-9-5-2-6-10-20/h1-10,15,18,21H,11-14,16-17H2,(H,24,27). The molecule has 0 spiro atoms. The molecular formula is C23H26N2O5. The van der Waals surface area contributed by atoms with Gasteiger partial charge in [-0.05, 0) is 30.4 Å². The first-order chi connectivity index (χ1) is 14.7. The topological polar surface area (TPSA) is 84.9 Å². The zero-order valence-corrected chi connectivity index (χ0v) is 16.7. The number of rotatable bonds is 6. The third kappa shape index (κ3) is 6.34. The highest BCUT2D eigenvalue weighted by molar-refractivity contribution is 5.71. The summed E-state index contributed by atoms with van der Waals surface area (Å²) in [4.78, 5) is 37.7. The van der Waals surface area contributed by atoms with E-state index in [2.05, 4.69) is 5.32 Å². The molecule has 0 aromatic heterocycles. The molecule has 158 valence electrons. The van der Waals surface area contributed by atoms with Gasteiger partial charge in [-0.2, -0.15) is 0 Å². The predicted octanol–water partition coefficient (Wildman–Crippen LogP) is 3.88. The van der Waals surface area contributed by atoms with Gasteiger partial charge in [0.05, 0.1) is 0 Å². The van der Waals surface area contributed by atoms with Crippen LogP contribution in [0.5, 0.6) is 0 Å². The van der Waals surface area contributed by atoms with Gasteiger partial charge in [-0.1, -0.05) is 60.7 Å². The fraction of sp³-hybridized carbons (Fsp3) is 0.348. The van der Waals surface area contributed by atoms with Crippen molar-refractivity contribution in [1.82, 2.24) is 10.2 Å². The summed E-state index contributed by atoms with van der Waals surface area (Å²) in [5.74, 6) is -0.151. The molecular weight excluding hydrogens is 384 g/mol. The first-order valence-corrected chi connectivity index (χ1v) is 10.1. The number of carbonyl (C=O) groups is 3. The number of carbonyl (C=O) groups excluding carboxylic acids is 3. The van der Waals surface area contributed by atoms with Crippen LogP contribution in [-0.2, 0) is 27.5 Å². The zero-order chi connectivity index (χ0) is 21.2. The molecule has 2 unspecified atom stereocenters. The molecule has 2 aromatic carbocycles. The number of ether oxygens (including phenoxy) is 2. The van der Waals surface area contributed by atoms with Crippen LogP contribution in [-0.4, -0.2) is 36.1 Å². The molecule has 2 atom stereocenters. The minimum atomic E-state index is -0.616. The van der Waals surface area contributed by atoms with Crippen molar-refractivity contribution in [2.45, 2.75) is 38.6 Å². The normalized spacial score (nSPS) is 18.7. The second kappa shape index (κ2) is 11.0. The minimum absolute atomic E-state index is 0.134. The molecule has 0 radical (unpaired) electrons. The van der Waals surface area contributed by atoms with Gasteiger partial charge in [0, 0.05) is 12.5 Å². The number of amides is 2. The highest BCUT2D eigenvalue weighted by Crippen LogP contribution is 2.21. The number of alkyl carbamates (subject to hydrolysis) is 1. The predicted molar refractivity (Wildman–Crippen MR) is 110 cm³/mol. The maximum absolute atomic E-state index is 12.7. The Kier molecular flexibility index (Phi) is 7.83. The van der Waals surface area contributed by atoms with E-state index in [1.807, 2.05) is 60.7 Å². The number of nitrogens with zero attached hydrogens (tertiary/aromatic N) is 1. The Morgan fingerprint density at radius 2 is 1.50 bits per heavy atom. The van der Waals surface area contributed by atoms with Gasteiger partial charge in [-0.3, -0.25) is 4.90 Å². The first kappa shape index (κ1) is 21.4. The highest BCUT2D eigenvalue weighted by Gasteiger charge is 2.31. The first-order valence-electron chi connectivity index (χ1n) is 10.1. The average Bonchev–Trinajstić information content (AvgIpc) is 2.99. The summed E-state index contributed by atoms with van der Waals surface area (Å²) in [5, 5.41) is 2.75. The van der Waals surface area contributed by atoms with E-state index in [4.69, 9.17) is 9.47 Å². The molecule has 7 nitrogen and oxygen atoms in total. The van der Waals surface area contributed by atoms with Crippen LogP contribution in [0, 0.1) is 5.92 Å². The molecule has 2 amide bonds. The Labute approximate surface area is 176 Å². The molecule has 3 rings (SSSR count). The minimum Gasteiger partial charge on any atom is -0.445 e. The van der Waals surface area contributed by atoms with Crippen molar-refractivity contribution in [2.24, 2.45) is 5.92 Å². The van der Waals surface area contributed by atoms with Gasteiger partial charge >= 0.3 is 12.2 Å². The Bertz CT molecular complexity index is 828. The van der Waals surface area contributed by atoms with E-state index < -0.39 is 18.4 Å². The molecule has 1 N–H and O–H groups in total. The van der Waals surface area contributed by atoms with Gasteiger partial charge in [-0.25, -0.2) is 9.59 Å². The molecule has 0 aliphatic carbocycles. The Morgan fingerprint density at radius 3 is 2.10 bits per heavy atom. The van der Waals surface area contributed by atoms with Crippen LogP contribution >= 0.6 is 0 Å². The Hall–Kier alpha value is -3.35. The molecule has 7 heteroatoms. The molecule has 1 saturated heterocycles.